The van der Waals surface area contributed by atoms with E-state index in [1.807, 2.05) is 36.4 Å². The van der Waals surface area contributed by atoms with Crippen molar-refractivity contribution in [3.63, 3.8) is 0 Å². The second-order valence-corrected chi connectivity index (χ2v) is 5.82. The molecule has 2 aromatic carbocycles. The predicted molar refractivity (Wildman–Crippen MR) is 86.2 cm³/mol. The summed E-state index contributed by atoms with van der Waals surface area (Å²) in [7, 11) is 0. The zero-order valence-electron chi connectivity index (χ0n) is 11.0. The molecule has 1 amide bonds. The smallest absolute Gasteiger partial charge is 0.221 e. The topological polar surface area (TPSA) is 55.1 Å². The number of carbonyl (C=O) groups excluding carboxylic acids is 1. The minimum Gasteiger partial charge on any atom is -0.398 e. The first kappa shape index (κ1) is 14.8. The van der Waals surface area contributed by atoms with E-state index in [0.717, 1.165) is 21.9 Å². The largest absolute Gasteiger partial charge is 0.398 e. The van der Waals surface area contributed by atoms with Crippen molar-refractivity contribution in [3.05, 3.63) is 53.1 Å². The van der Waals surface area contributed by atoms with Gasteiger partial charge >= 0.3 is 0 Å². The van der Waals surface area contributed by atoms with E-state index in [9.17, 15) is 4.79 Å². The van der Waals surface area contributed by atoms with E-state index in [0.29, 0.717) is 10.7 Å². The minimum atomic E-state index is -0.0701. The number of hydrogen-bond acceptors (Lipinski definition) is 3. The highest BCUT2D eigenvalue weighted by Crippen LogP contribution is 2.28. The van der Waals surface area contributed by atoms with Gasteiger partial charge in [-0.15, -0.1) is 11.8 Å². The highest BCUT2D eigenvalue weighted by atomic mass is 35.5. The molecule has 2 rings (SSSR count). The summed E-state index contributed by atoms with van der Waals surface area (Å²) in [4.78, 5) is 12.1. The Morgan fingerprint density at radius 2 is 1.95 bits per heavy atom. The van der Waals surface area contributed by atoms with Crippen molar-refractivity contribution < 1.29 is 4.79 Å². The molecule has 0 heterocycles. The lowest BCUT2D eigenvalue weighted by atomic mass is 10.2. The van der Waals surface area contributed by atoms with Crippen LogP contribution in [0.15, 0.2) is 47.4 Å². The molecule has 104 valence electrons. The van der Waals surface area contributed by atoms with Crippen molar-refractivity contribution in [2.45, 2.75) is 17.6 Å². The zero-order chi connectivity index (χ0) is 14.5. The highest BCUT2D eigenvalue weighted by Gasteiger charge is 2.02. The SMILES string of the molecule is CC(=O)Nc1ccc(SCc2ccc(Cl)cc2N)cc1. The van der Waals surface area contributed by atoms with Crippen molar-refractivity contribution in [2.24, 2.45) is 0 Å². The maximum absolute atomic E-state index is 10.9. The average Bonchev–Trinajstić information content (AvgIpc) is 2.39. The summed E-state index contributed by atoms with van der Waals surface area (Å²) in [6.45, 7) is 1.49. The number of benzene rings is 2. The number of rotatable bonds is 4. The van der Waals surface area contributed by atoms with Crippen molar-refractivity contribution in [1.82, 2.24) is 0 Å². The number of carbonyl (C=O) groups is 1. The number of thioether (sulfide) groups is 1. The molecule has 0 fully saturated rings. The third-order valence-corrected chi connectivity index (χ3v) is 3.97. The number of amides is 1. The Hall–Kier alpha value is -1.65. The molecule has 3 N–H and O–H groups in total. The molecule has 0 bridgehead atoms. The van der Waals surface area contributed by atoms with E-state index in [-0.39, 0.29) is 5.91 Å². The van der Waals surface area contributed by atoms with E-state index >= 15 is 0 Å². The quantitative estimate of drug-likeness (QED) is 0.658. The molecule has 0 aliphatic rings. The average molecular weight is 307 g/mol. The Balaban J connectivity index is 1.98. The molecule has 0 saturated carbocycles. The summed E-state index contributed by atoms with van der Waals surface area (Å²) in [5.41, 5.74) is 8.49. The highest BCUT2D eigenvalue weighted by molar-refractivity contribution is 7.98. The lowest BCUT2D eigenvalue weighted by Crippen LogP contribution is -2.05. The van der Waals surface area contributed by atoms with Gasteiger partial charge in [-0.05, 0) is 42.0 Å². The van der Waals surface area contributed by atoms with Crippen LogP contribution in [0.25, 0.3) is 0 Å². The van der Waals surface area contributed by atoms with Crippen LogP contribution in [0.5, 0.6) is 0 Å². The molecule has 20 heavy (non-hydrogen) atoms. The van der Waals surface area contributed by atoms with Gasteiger partial charge in [-0.3, -0.25) is 4.79 Å². The molecule has 0 spiro atoms. The molecule has 3 nitrogen and oxygen atoms in total. The van der Waals surface area contributed by atoms with Gasteiger partial charge in [0.15, 0.2) is 0 Å². The molecule has 0 aliphatic carbocycles. The summed E-state index contributed by atoms with van der Waals surface area (Å²) in [5, 5.41) is 3.39. The molecular formula is C15H15ClN2OS. The van der Waals surface area contributed by atoms with E-state index < -0.39 is 0 Å². The fourth-order valence-corrected chi connectivity index (χ4v) is 2.79. The zero-order valence-corrected chi connectivity index (χ0v) is 12.6. The van der Waals surface area contributed by atoms with Gasteiger partial charge in [-0.2, -0.15) is 0 Å². The molecule has 0 saturated heterocycles. The van der Waals surface area contributed by atoms with Gasteiger partial charge in [0.25, 0.3) is 0 Å². The van der Waals surface area contributed by atoms with Crippen LogP contribution in [0.3, 0.4) is 0 Å². The van der Waals surface area contributed by atoms with E-state index in [1.165, 1.54) is 6.92 Å². The van der Waals surface area contributed by atoms with Crippen LogP contribution < -0.4 is 11.1 Å². The fraction of sp³-hybridized carbons (Fsp3) is 0.133. The molecule has 0 aromatic heterocycles. The van der Waals surface area contributed by atoms with Crippen LogP contribution in [-0.2, 0) is 10.5 Å². The van der Waals surface area contributed by atoms with Crippen molar-refractivity contribution in [2.75, 3.05) is 11.1 Å². The number of nitrogen functional groups attached to an aromatic ring is 1. The van der Waals surface area contributed by atoms with Gasteiger partial charge in [-0.1, -0.05) is 17.7 Å². The van der Waals surface area contributed by atoms with Crippen molar-refractivity contribution in [3.8, 4) is 0 Å². The lowest BCUT2D eigenvalue weighted by Gasteiger charge is -2.07. The molecule has 0 atom stereocenters. The molecule has 0 radical (unpaired) electrons. The van der Waals surface area contributed by atoms with Crippen LogP contribution in [-0.4, -0.2) is 5.91 Å². The maximum atomic E-state index is 10.9. The number of nitrogens with one attached hydrogen (secondary N) is 1. The monoisotopic (exact) mass is 306 g/mol. The first-order chi connectivity index (χ1) is 9.54. The molecular weight excluding hydrogens is 292 g/mol. The third kappa shape index (κ3) is 4.18. The van der Waals surface area contributed by atoms with Gasteiger partial charge in [0.05, 0.1) is 0 Å². The van der Waals surface area contributed by atoms with Crippen LogP contribution in [0.2, 0.25) is 5.02 Å². The Labute approximate surface area is 127 Å². The van der Waals surface area contributed by atoms with Crippen LogP contribution in [0.1, 0.15) is 12.5 Å². The van der Waals surface area contributed by atoms with Gasteiger partial charge < -0.3 is 11.1 Å². The van der Waals surface area contributed by atoms with Crippen LogP contribution in [0, 0.1) is 0 Å². The summed E-state index contributed by atoms with van der Waals surface area (Å²) in [6.07, 6.45) is 0. The normalized spacial score (nSPS) is 10.3. The van der Waals surface area contributed by atoms with Crippen molar-refractivity contribution >= 4 is 40.6 Å². The standard InChI is InChI=1S/C15H15ClN2OS/c1-10(19)18-13-4-6-14(7-5-13)20-9-11-2-3-12(16)8-15(11)17/h2-8H,9,17H2,1H3,(H,18,19). The van der Waals surface area contributed by atoms with Gasteiger partial charge in [-0.25, -0.2) is 0 Å². The summed E-state index contributed by atoms with van der Waals surface area (Å²) < 4.78 is 0. The second kappa shape index (κ2) is 6.68. The summed E-state index contributed by atoms with van der Waals surface area (Å²) >= 11 is 7.56. The minimum absolute atomic E-state index is 0.0701. The lowest BCUT2D eigenvalue weighted by molar-refractivity contribution is -0.114. The van der Waals surface area contributed by atoms with Gasteiger partial charge in [0.1, 0.15) is 0 Å². The van der Waals surface area contributed by atoms with Crippen LogP contribution >= 0.6 is 23.4 Å². The molecule has 0 aliphatic heterocycles. The number of nitrogens with two attached hydrogens (primary N) is 1. The predicted octanol–water partition coefficient (Wildman–Crippen LogP) is 4.17. The second-order valence-electron chi connectivity index (χ2n) is 4.34. The first-order valence-corrected chi connectivity index (χ1v) is 7.45. The Morgan fingerprint density at radius 1 is 1.25 bits per heavy atom. The number of anilines is 2. The fourth-order valence-electron chi connectivity index (χ4n) is 1.70. The molecule has 2 aromatic rings. The Bertz CT molecular complexity index is 614. The number of halogens is 1. The molecule has 0 unspecified atom stereocenters. The van der Waals surface area contributed by atoms with Gasteiger partial charge in [0, 0.05) is 34.0 Å². The van der Waals surface area contributed by atoms with E-state index in [4.69, 9.17) is 17.3 Å². The van der Waals surface area contributed by atoms with Crippen molar-refractivity contribution in [1.29, 1.82) is 0 Å². The van der Waals surface area contributed by atoms with Gasteiger partial charge in [0.2, 0.25) is 5.91 Å². The van der Waals surface area contributed by atoms with E-state index in [1.54, 1.807) is 17.8 Å². The molecule has 5 heteroatoms. The number of hydrogen-bond donors (Lipinski definition) is 2. The first-order valence-electron chi connectivity index (χ1n) is 6.09. The Morgan fingerprint density at radius 3 is 2.55 bits per heavy atom. The summed E-state index contributed by atoms with van der Waals surface area (Å²) in [6, 6.07) is 13.3. The maximum Gasteiger partial charge on any atom is 0.221 e. The van der Waals surface area contributed by atoms with Crippen LogP contribution in [0.4, 0.5) is 11.4 Å². The summed E-state index contributed by atoms with van der Waals surface area (Å²) in [5.74, 6) is 0.710. The Kier molecular flexibility index (Phi) is 4.93. The third-order valence-electron chi connectivity index (χ3n) is 2.68. The van der Waals surface area contributed by atoms with E-state index in [2.05, 4.69) is 5.32 Å².